The van der Waals surface area contributed by atoms with Crippen molar-refractivity contribution >= 4 is 35.4 Å². The van der Waals surface area contributed by atoms with Crippen molar-refractivity contribution in [1.29, 1.82) is 0 Å². The van der Waals surface area contributed by atoms with E-state index in [4.69, 9.17) is 9.47 Å². The molecule has 0 heterocycles. The molecular weight excluding hydrogens is 588 g/mol. The van der Waals surface area contributed by atoms with Crippen molar-refractivity contribution in [3.8, 4) is 11.5 Å². The first-order valence-electron chi connectivity index (χ1n) is 15.2. The van der Waals surface area contributed by atoms with Gasteiger partial charge in [-0.1, -0.05) is 78.9 Å². The second kappa shape index (κ2) is 16.2. The minimum Gasteiger partial charge on any atom is -0.494 e. The fraction of sp³-hybridized carbons (Fsp3) is 0.0750. The Labute approximate surface area is 274 Å². The van der Waals surface area contributed by atoms with Crippen LogP contribution in [0.4, 0.5) is 5.69 Å². The molecule has 0 aliphatic rings. The van der Waals surface area contributed by atoms with E-state index in [1.54, 1.807) is 60.7 Å². The fourth-order valence-corrected chi connectivity index (χ4v) is 4.54. The largest absolute Gasteiger partial charge is 0.494 e. The summed E-state index contributed by atoms with van der Waals surface area (Å²) in [6.45, 7) is 2.94. The van der Waals surface area contributed by atoms with Crippen molar-refractivity contribution in [2.24, 2.45) is 0 Å². The van der Waals surface area contributed by atoms with Crippen LogP contribution in [0.1, 0.15) is 44.3 Å². The van der Waals surface area contributed by atoms with Crippen molar-refractivity contribution in [3.05, 3.63) is 173 Å². The molecular formula is C40H34N2O5. The zero-order valence-electron chi connectivity index (χ0n) is 25.9. The van der Waals surface area contributed by atoms with Crippen LogP contribution in [-0.2, 0) is 11.4 Å². The molecule has 0 bridgehead atoms. The van der Waals surface area contributed by atoms with Crippen LogP contribution >= 0.6 is 0 Å². The minimum atomic E-state index is -0.520. The molecule has 7 nitrogen and oxygen atoms in total. The van der Waals surface area contributed by atoms with E-state index < -0.39 is 11.8 Å². The number of allylic oxidation sites excluding steroid dienone is 1. The van der Waals surface area contributed by atoms with Crippen LogP contribution in [0.25, 0.3) is 12.2 Å². The van der Waals surface area contributed by atoms with Gasteiger partial charge in [-0.3, -0.25) is 14.4 Å². The number of amides is 2. The quantitative estimate of drug-likeness (QED) is 0.103. The molecule has 0 aliphatic carbocycles. The number of benzene rings is 5. The summed E-state index contributed by atoms with van der Waals surface area (Å²) < 4.78 is 11.3. The Balaban J connectivity index is 1.27. The molecule has 5 aromatic rings. The lowest BCUT2D eigenvalue weighted by Gasteiger charge is -2.12. The maximum Gasteiger partial charge on any atom is 0.272 e. The van der Waals surface area contributed by atoms with Gasteiger partial charge in [-0.2, -0.15) is 0 Å². The predicted molar refractivity (Wildman–Crippen MR) is 185 cm³/mol. The predicted octanol–water partition coefficient (Wildman–Crippen LogP) is 7.97. The number of carbonyl (C=O) groups is 3. The number of rotatable bonds is 13. The van der Waals surface area contributed by atoms with E-state index in [1.807, 2.05) is 91.9 Å². The Morgan fingerprint density at radius 3 is 1.87 bits per heavy atom. The number of ketones is 1. The third-order valence-electron chi connectivity index (χ3n) is 7.01. The molecule has 5 rings (SSSR count). The first kappa shape index (κ1) is 32.2. The van der Waals surface area contributed by atoms with Crippen LogP contribution in [0.3, 0.4) is 0 Å². The topological polar surface area (TPSA) is 93.7 Å². The molecule has 5 aromatic carbocycles. The Hall–Kier alpha value is -6.21. The highest BCUT2D eigenvalue weighted by Gasteiger charge is 2.15. The van der Waals surface area contributed by atoms with E-state index in [2.05, 4.69) is 10.6 Å². The van der Waals surface area contributed by atoms with Crippen molar-refractivity contribution in [1.82, 2.24) is 5.32 Å². The molecule has 0 aromatic heterocycles. The number of hydrogen-bond acceptors (Lipinski definition) is 5. The normalized spacial score (nSPS) is 11.1. The Bertz CT molecular complexity index is 1850. The maximum absolute atomic E-state index is 13.4. The summed E-state index contributed by atoms with van der Waals surface area (Å²) in [5.41, 5.74) is 4.01. The molecule has 47 heavy (non-hydrogen) atoms. The molecule has 0 radical (unpaired) electrons. The second-order valence-corrected chi connectivity index (χ2v) is 10.5. The molecule has 0 saturated carbocycles. The van der Waals surface area contributed by atoms with E-state index in [-0.39, 0.29) is 11.5 Å². The van der Waals surface area contributed by atoms with Gasteiger partial charge < -0.3 is 20.1 Å². The zero-order chi connectivity index (χ0) is 32.8. The molecule has 2 amide bonds. The molecule has 234 valence electrons. The molecule has 0 unspecified atom stereocenters. The van der Waals surface area contributed by atoms with Crippen molar-refractivity contribution < 1.29 is 23.9 Å². The minimum absolute atomic E-state index is 0.0512. The monoisotopic (exact) mass is 622 g/mol. The maximum atomic E-state index is 13.4. The lowest BCUT2D eigenvalue weighted by atomic mass is 10.1. The number of anilines is 1. The van der Waals surface area contributed by atoms with Crippen LogP contribution in [0.5, 0.6) is 11.5 Å². The van der Waals surface area contributed by atoms with E-state index in [9.17, 15) is 14.4 Å². The van der Waals surface area contributed by atoms with Crippen LogP contribution in [0.15, 0.2) is 145 Å². The lowest BCUT2D eigenvalue weighted by molar-refractivity contribution is -0.113. The summed E-state index contributed by atoms with van der Waals surface area (Å²) in [4.78, 5) is 39.2. The molecule has 0 atom stereocenters. The summed E-state index contributed by atoms with van der Waals surface area (Å²) in [5, 5.41) is 5.56. The number of hydrogen-bond donors (Lipinski definition) is 2. The summed E-state index contributed by atoms with van der Waals surface area (Å²) in [6.07, 6.45) is 4.84. The highest BCUT2D eigenvalue weighted by atomic mass is 16.5. The van der Waals surface area contributed by atoms with Gasteiger partial charge in [0.05, 0.1) is 6.61 Å². The van der Waals surface area contributed by atoms with E-state index in [1.165, 1.54) is 6.08 Å². The van der Waals surface area contributed by atoms with Gasteiger partial charge in [-0.15, -0.1) is 0 Å². The van der Waals surface area contributed by atoms with Crippen LogP contribution in [0.2, 0.25) is 0 Å². The Morgan fingerprint density at radius 2 is 1.23 bits per heavy atom. The van der Waals surface area contributed by atoms with Crippen molar-refractivity contribution in [2.75, 3.05) is 11.9 Å². The van der Waals surface area contributed by atoms with Gasteiger partial charge >= 0.3 is 0 Å². The fourth-order valence-electron chi connectivity index (χ4n) is 4.54. The van der Waals surface area contributed by atoms with Gasteiger partial charge in [0.2, 0.25) is 0 Å². The SMILES string of the molecule is CCOc1ccc(/C=C/C(=O)c2ccc(NC(=O)/C(=C/c3ccc(OCc4ccccc4)cc3)NC(=O)c3ccccc3)cc2)cc1. The van der Waals surface area contributed by atoms with Crippen LogP contribution < -0.4 is 20.1 Å². The van der Waals surface area contributed by atoms with Crippen LogP contribution in [-0.4, -0.2) is 24.2 Å². The number of carbonyl (C=O) groups excluding carboxylic acids is 3. The first-order valence-corrected chi connectivity index (χ1v) is 15.2. The highest BCUT2D eigenvalue weighted by molar-refractivity contribution is 6.11. The van der Waals surface area contributed by atoms with Gasteiger partial charge in [-0.25, -0.2) is 0 Å². The molecule has 7 heteroatoms. The lowest BCUT2D eigenvalue weighted by Crippen LogP contribution is -2.30. The van der Waals surface area contributed by atoms with Gasteiger partial charge in [0.1, 0.15) is 23.8 Å². The number of nitrogens with one attached hydrogen (secondary N) is 2. The molecule has 0 spiro atoms. The van der Waals surface area contributed by atoms with Gasteiger partial charge in [0.25, 0.3) is 11.8 Å². The van der Waals surface area contributed by atoms with Gasteiger partial charge in [0.15, 0.2) is 5.78 Å². The molecule has 0 fully saturated rings. The zero-order valence-corrected chi connectivity index (χ0v) is 25.9. The average molecular weight is 623 g/mol. The molecule has 0 aliphatic heterocycles. The summed E-state index contributed by atoms with van der Waals surface area (Å²) >= 11 is 0. The third-order valence-corrected chi connectivity index (χ3v) is 7.01. The summed E-state index contributed by atoms with van der Waals surface area (Å²) in [5.74, 6) is 0.328. The number of ether oxygens (including phenoxy) is 2. The Morgan fingerprint density at radius 1 is 0.638 bits per heavy atom. The van der Waals surface area contributed by atoms with Crippen molar-refractivity contribution in [3.63, 3.8) is 0 Å². The van der Waals surface area contributed by atoms with Crippen molar-refractivity contribution in [2.45, 2.75) is 13.5 Å². The Kier molecular flexibility index (Phi) is 11.1. The van der Waals surface area contributed by atoms with Crippen LogP contribution in [0, 0.1) is 0 Å². The van der Waals surface area contributed by atoms with E-state index in [0.29, 0.717) is 41.3 Å². The van der Waals surface area contributed by atoms with Gasteiger partial charge in [-0.05, 0) is 96.4 Å². The average Bonchev–Trinajstić information content (AvgIpc) is 3.12. The third kappa shape index (κ3) is 9.64. The van der Waals surface area contributed by atoms with E-state index >= 15 is 0 Å². The second-order valence-electron chi connectivity index (χ2n) is 10.5. The standard InChI is InChI=1S/C40H34N2O5/c1-2-46-35-22-13-29(14-23-35)17-26-38(43)32-18-20-34(21-19-32)41-40(45)37(42-39(44)33-11-7-4-8-12-33)27-30-15-24-36(25-16-30)47-28-31-9-5-3-6-10-31/h3-27H,2,28H2,1H3,(H,41,45)(H,42,44)/b26-17+,37-27-. The smallest absolute Gasteiger partial charge is 0.272 e. The summed E-state index contributed by atoms with van der Waals surface area (Å²) in [7, 11) is 0. The van der Waals surface area contributed by atoms with Gasteiger partial charge in [0, 0.05) is 16.8 Å². The summed E-state index contributed by atoms with van der Waals surface area (Å²) in [6, 6.07) is 39.8. The highest BCUT2D eigenvalue weighted by Crippen LogP contribution is 2.18. The van der Waals surface area contributed by atoms with E-state index in [0.717, 1.165) is 16.9 Å². The molecule has 0 saturated heterocycles. The first-order chi connectivity index (χ1) is 23.0. The molecule has 2 N–H and O–H groups in total.